The van der Waals surface area contributed by atoms with Crippen LogP contribution in [0.5, 0.6) is 0 Å². The molecule has 0 atom stereocenters. The van der Waals surface area contributed by atoms with E-state index in [-0.39, 0.29) is 6.71 Å². The first-order chi connectivity index (χ1) is 45.2. The van der Waals surface area contributed by atoms with E-state index in [4.69, 9.17) is 0 Å². The third-order valence-electron chi connectivity index (χ3n) is 21.5. The van der Waals surface area contributed by atoms with Crippen LogP contribution in [-0.2, 0) is 0 Å². The molecule has 0 spiro atoms. The molecule has 0 amide bonds. The minimum Gasteiger partial charge on any atom is -0.308 e. The molecule has 2 aliphatic rings. The number of hydrogen-bond acceptors (Lipinski definition) is 0. The first-order valence-electron chi connectivity index (χ1n) is 31.9. The molecule has 5 heteroatoms. The van der Waals surface area contributed by atoms with Crippen LogP contribution in [0.2, 0.25) is 0 Å². The second kappa shape index (κ2) is 16.6. The lowest BCUT2D eigenvalue weighted by Gasteiger charge is -2.37. The minimum absolute atomic E-state index is 0.231. The summed E-state index contributed by atoms with van der Waals surface area (Å²) in [5, 5.41) is 30.0. The molecule has 21 aromatic rings. The Labute approximate surface area is 519 Å². The smallest absolute Gasteiger partial charge is 0.252 e. The van der Waals surface area contributed by atoms with Gasteiger partial charge in [-0.3, -0.25) is 0 Å². The Hall–Kier alpha value is -11.9. The van der Waals surface area contributed by atoms with Crippen LogP contribution in [0.4, 0.5) is 0 Å². The van der Waals surface area contributed by atoms with Crippen molar-refractivity contribution in [2.45, 2.75) is 0 Å². The second-order valence-electron chi connectivity index (χ2n) is 25.7. The fourth-order valence-electron chi connectivity index (χ4n) is 18.1. The Bertz CT molecular complexity index is 6610. The van der Waals surface area contributed by atoms with Crippen molar-refractivity contribution in [2.75, 3.05) is 0 Å². The summed E-state index contributed by atoms with van der Waals surface area (Å²) in [4.78, 5) is 0. The first kappa shape index (κ1) is 47.2. The van der Waals surface area contributed by atoms with Crippen LogP contribution in [-0.4, -0.2) is 25.0 Å². The van der Waals surface area contributed by atoms with E-state index in [0.29, 0.717) is 0 Å². The monoisotopic (exact) mass is 1150 g/mol. The van der Waals surface area contributed by atoms with Crippen LogP contribution in [0.25, 0.3) is 196 Å². The van der Waals surface area contributed by atoms with Crippen LogP contribution in [0.15, 0.2) is 285 Å². The third-order valence-corrected chi connectivity index (χ3v) is 21.5. The number of nitrogens with zero attached hydrogens (tertiary/aromatic N) is 4. The highest BCUT2D eigenvalue weighted by Gasteiger charge is 2.45. The number of rotatable bonds is 2. The maximum atomic E-state index is 2.76. The average molecular weight is 1150 g/mol. The predicted octanol–water partition coefficient (Wildman–Crippen LogP) is 20.4. The van der Waals surface area contributed by atoms with E-state index in [2.05, 4.69) is 303 Å². The summed E-state index contributed by atoms with van der Waals surface area (Å²) in [7, 11) is 0. The highest BCUT2D eigenvalue weighted by atomic mass is 15.1. The summed E-state index contributed by atoms with van der Waals surface area (Å²) in [5.41, 5.74) is 18.3. The van der Waals surface area contributed by atoms with E-state index in [1.165, 1.54) is 201 Å². The van der Waals surface area contributed by atoms with Gasteiger partial charge < -0.3 is 18.3 Å². The molecule has 17 aromatic carbocycles. The van der Waals surface area contributed by atoms with Gasteiger partial charge >= 0.3 is 0 Å². The second-order valence-corrected chi connectivity index (χ2v) is 25.7. The van der Waals surface area contributed by atoms with E-state index >= 15 is 0 Å². The minimum atomic E-state index is -0.231. The zero-order valence-corrected chi connectivity index (χ0v) is 49.0. The van der Waals surface area contributed by atoms with Crippen molar-refractivity contribution in [3.8, 4) is 22.7 Å². The Morgan fingerprint density at radius 2 is 0.484 bits per heavy atom. The van der Waals surface area contributed by atoms with Gasteiger partial charge in [0, 0.05) is 53.9 Å². The van der Waals surface area contributed by atoms with Crippen molar-refractivity contribution in [1.82, 2.24) is 18.3 Å². The Morgan fingerprint density at radius 1 is 0.198 bits per heavy atom. The van der Waals surface area contributed by atoms with E-state index in [0.717, 1.165) is 11.4 Å². The van der Waals surface area contributed by atoms with Crippen molar-refractivity contribution >= 4 is 197 Å². The van der Waals surface area contributed by atoms with Gasteiger partial charge in [-0.15, -0.1) is 0 Å². The number of aromatic nitrogens is 4. The maximum absolute atomic E-state index is 2.76. The quantitative estimate of drug-likeness (QED) is 0.154. The fraction of sp³-hybridized carbons (Fsp3) is 0. The van der Waals surface area contributed by atoms with Gasteiger partial charge in [-0.2, -0.15) is 0 Å². The van der Waals surface area contributed by atoms with Gasteiger partial charge in [0.05, 0.1) is 66.9 Å². The lowest BCUT2D eigenvalue weighted by Crippen LogP contribution is -2.60. The van der Waals surface area contributed by atoms with Crippen LogP contribution in [0.1, 0.15) is 0 Å². The molecule has 414 valence electrons. The van der Waals surface area contributed by atoms with Gasteiger partial charge in [-0.1, -0.05) is 255 Å². The van der Waals surface area contributed by atoms with Crippen LogP contribution in [0.3, 0.4) is 0 Å². The van der Waals surface area contributed by atoms with Crippen LogP contribution < -0.4 is 16.4 Å². The van der Waals surface area contributed by atoms with E-state index in [9.17, 15) is 0 Å². The molecule has 0 N–H and O–H groups in total. The molecule has 0 aliphatic carbocycles. The van der Waals surface area contributed by atoms with Crippen molar-refractivity contribution in [3.63, 3.8) is 0 Å². The zero-order chi connectivity index (χ0) is 58.6. The fourth-order valence-corrected chi connectivity index (χ4v) is 18.1. The van der Waals surface area contributed by atoms with E-state index in [1.54, 1.807) is 0 Å². The van der Waals surface area contributed by atoms with Gasteiger partial charge in [-0.25, -0.2) is 0 Å². The average Bonchev–Trinajstić information content (AvgIpc) is 1.55. The van der Waals surface area contributed by atoms with E-state index in [1.807, 2.05) is 0 Å². The highest BCUT2D eigenvalue weighted by Crippen LogP contribution is 2.52. The molecule has 0 saturated heterocycles. The molecule has 0 bridgehead atoms. The summed E-state index contributed by atoms with van der Waals surface area (Å²) in [6, 6.07) is 109. The molecule has 0 fully saturated rings. The van der Waals surface area contributed by atoms with Gasteiger partial charge in [0.25, 0.3) is 6.71 Å². The van der Waals surface area contributed by atoms with Crippen LogP contribution in [0, 0.1) is 0 Å². The normalized spacial score (nSPS) is 13.0. The molecule has 4 nitrogen and oxygen atoms in total. The maximum Gasteiger partial charge on any atom is 0.252 e. The first-order valence-corrected chi connectivity index (χ1v) is 31.9. The van der Waals surface area contributed by atoms with Crippen molar-refractivity contribution in [1.29, 1.82) is 0 Å². The van der Waals surface area contributed by atoms with Gasteiger partial charge in [0.15, 0.2) is 0 Å². The summed E-state index contributed by atoms with van der Waals surface area (Å²) < 4.78 is 11.0. The molecule has 91 heavy (non-hydrogen) atoms. The largest absolute Gasteiger partial charge is 0.308 e. The molecule has 0 unspecified atom stereocenters. The number of benzene rings is 17. The Kier molecular flexibility index (Phi) is 8.62. The number of fused-ring (bicyclic) bond motifs is 32. The zero-order valence-electron chi connectivity index (χ0n) is 49.0. The van der Waals surface area contributed by atoms with Crippen molar-refractivity contribution in [2.24, 2.45) is 0 Å². The summed E-state index contributed by atoms with van der Waals surface area (Å²) in [6.45, 7) is -0.231. The molecule has 2 aliphatic heterocycles. The lowest BCUT2D eigenvalue weighted by molar-refractivity contribution is 1.05. The van der Waals surface area contributed by atoms with Gasteiger partial charge in [0.2, 0.25) is 0 Å². The molecule has 0 saturated carbocycles. The van der Waals surface area contributed by atoms with Crippen molar-refractivity contribution < 1.29 is 0 Å². The highest BCUT2D eigenvalue weighted by molar-refractivity contribution is 7.01. The molecule has 23 rings (SSSR count). The van der Waals surface area contributed by atoms with E-state index < -0.39 is 0 Å². The summed E-state index contributed by atoms with van der Waals surface area (Å²) >= 11 is 0. The van der Waals surface area contributed by atoms with Crippen molar-refractivity contribution in [3.05, 3.63) is 285 Å². The van der Waals surface area contributed by atoms with Gasteiger partial charge in [0.1, 0.15) is 0 Å². The summed E-state index contributed by atoms with van der Waals surface area (Å²) in [5.74, 6) is 0. The topological polar surface area (TPSA) is 19.7 Å². The molecule has 4 aromatic heterocycles. The summed E-state index contributed by atoms with van der Waals surface area (Å²) in [6.07, 6.45) is 0. The molecule has 6 heterocycles. The molecular weight excluding hydrogens is 1100 g/mol. The standard InChI is InChI=1S/C86H47BN4/c1-9-25-56-48(17-1)35-41-68-74(56)64-39-33-52-21-5-15-31-62(52)81(64)88(68)72-47-73(89-69-42-36-49-18-2-10-26-57(49)75(69)65-40-34-53-22-6-16-32-63(53)82(65)89)86-80-85(72)90-70-43-37-50-19-3-11-27-58(50)76(70)78-60-29-13-7-23-54(60)45-66(83(78)90)87(80)67-46-55-24-8-14-30-61(55)79-77-59-28-12-4-20-51(59)38-44-71(77)91(86)84(67)79/h1-47H. The SMILES string of the molecule is c1ccc2c(c1)ccc1c2c2c3ccccc3cc3c2n1-c1c(-n2c4ccc5ccccc5c4c4ccc5ccccc5c42)cc(-n2c4ccc5ccccc5c4c4ccc5ccccc5c42)c2c1B3c1cc3ccccc3c3c4c5ccccc5ccc4n-2c13. The Morgan fingerprint density at radius 3 is 0.857 bits per heavy atom. The predicted molar refractivity (Wildman–Crippen MR) is 389 cm³/mol. The lowest BCUT2D eigenvalue weighted by atomic mass is 9.34. The number of hydrogen-bond donors (Lipinski definition) is 0. The molecular formula is C86H47BN4. The Balaban J connectivity index is 1.06. The third kappa shape index (κ3) is 5.68. The van der Waals surface area contributed by atoms with Crippen LogP contribution >= 0.6 is 0 Å². The van der Waals surface area contributed by atoms with Gasteiger partial charge in [-0.05, 0) is 122 Å². The molecule has 0 radical (unpaired) electrons.